The molecule has 0 bridgehead atoms. The summed E-state index contributed by atoms with van der Waals surface area (Å²) < 4.78 is 0. The van der Waals surface area contributed by atoms with E-state index < -0.39 is 6.04 Å². The van der Waals surface area contributed by atoms with Crippen molar-refractivity contribution < 1.29 is 4.79 Å². The summed E-state index contributed by atoms with van der Waals surface area (Å²) in [5, 5.41) is 2.92. The van der Waals surface area contributed by atoms with Crippen LogP contribution < -0.4 is 11.1 Å². The molecule has 0 saturated carbocycles. The van der Waals surface area contributed by atoms with Crippen LogP contribution in [0, 0.1) is 5.92 Å². The lowest BCUT2D eigenvalue weighted by atomic mass is 9.99. The lowest BCUT2D eigenvalue weighted by molar-refractivity contribution is -0.118. The maximum atomic E-state index is 12.1. The molecule has 6 heteroatoms. The number of piperazine rings is 1. The van der Waals surface area contributed by atoms with E-state index in [9.17, 15) is 4.79 Å². The van der Waals surface area contributed by atoms with Crippen molar-refractivity contribution in [2.24, 2.45) is 11.7 Å². The van der Waals surface area contributed by atoms with Gasteiger partial charge < -0.3 is 16.0 Å². The third kappa shape index (κ3) is 6.59. The average molecular weight is 369 g/mol. The highest BCUT2D eigenvalue weighted by atomic mass is 35.5. The number of nitrogens with zero attached hydrogens (tertiary/aromatic N) is 2. The summed E-state index contributed by atoms with van der Waals surface area (Å²) in [5.41, 5.74) is 8.07. The first-order valence-corrected chi connectivity index (χ1v) is 9.13. The number of amides is 1. The van der Waals surface area contributed by atoms with E-state index in [1.54, 1.807) is 0 Å². The largest absolute Gasteiger partial charge is 0.325 e. The van der Waals surface area contributed by atoms with E-state index in [-0.39, 0.29) is 24.2 Å². The van der Waals surface area contributed by atoms with Crippen molar-refractivity contribution in [1.29, 1.82) is 0 Å². The molecule has 25 heavy (non-hydrogen) atoms. The molecule has 3 N–H and O–H groups in total. The number of carbonyl (C=O) groups excluding carboxylic acids is 1. The average Bonchev–Trinajstić information content (AvgIpc) is 2.62. The van der Waals surface area contributed by atoms with E-state index in [1.165, 1.54) is 5.56 Å². The lowest BCUT2D eigenvalue weighted by Crippen LogP contribution is -2.45. The zero-order valence-electron chi connectivity index (χ0n) is 15.7. The van der Waals surface area contributed by atoms with Crippen molar-refractivity contribution in [2.45, 2.75) is 39.8 Å². The highest BCUT2D eigenvalue weighted by Gasteiger charge is 2.19. The zero-order valence-corrected chi connectivity index (χ0v) is 16.5. The first-order valence-electron chi connectivity index (χ1n) is 9.13. The molecule has 1 amide bonds. The topological polar surface area (TPSA) is 61.6 Å². The van der Waals surface area contributed by atoms with Crippen LogP contribution in [0.4, 0.5) is 5.69 Å². The van der Waals surface area contributed by atoms with Crippen LogP contribution in [0.1, 0.15) is 32.8 Å². The fraction of sp³-hybridized carbons (Fsp3) is 0.632. The van der Waals surface area contributed by atoms with Gasteiger partial charge in [0.1, 0.15) is 0 Å². The van der Waals surface area contributed by atoms with Crippen LogP contribution in [-0.2, 0) is 11.3 Å². The summed E-state index contributed by atoms with van der Waals surface area (Å²) in [6, 6.07) is 7.68. The van der Waals surface area contributed by atoms with Gasteiger partial charge in [-0.1, -0.05) is 39.3 Å². The third-order valence-electron chi connectivity index (χ3n) is 5.10. The second kappa shape index (κ2) is 10.8. The number of benzene rings is 1. The zero-order chi connectivity index (χ0) is 17.5. The summed E-state index contributed by atoms with van der Waals surface area (Å²) in [6.07, 6.45) is 0.902. The van der Waals surface area contributed by atoms with E-state index in [1.807, 2.05) is 26.0 Å². The van der Waals surface area contributed by atoms with Crippen LogP contribution in [-0.4, -0.2) is 54.5 Å². The molecule has 1 aliphatic rings. The van der Waals surface area contributed by atoms with Gasteiger partial charge in [-0.25, -0.2) is 0 Å². The normalized spacial score (nSPS) is 18.2. The Morgan fingerprint density at radius 2 is 1.68 bits per heavy atom. The van der Waals surface area contributed by atoms with Crippen LogP contribution >= 0.6 is 12.4 Å². The van der Waals surface area contributed by atoms with Crippen molar-refractivity contribution in [3.63, 3.8) is 0 Å². The van der Waals surface area contributed by atoms with Gasteiger partial charge in [-0.15, -0.1) is 12.4 Å². The maximum absolute atomic E-state index is 12.1. The highest BCUT2D eigenvalue weighted by Crippen LogP contribution is 2.14. The molecule has 1 aromatic rings. The molecule has 1 saturated heterocycles. The number of halogens is 1. The van der Waals surface area contributed by atoms with Gasteiger partial charge in [-0.2, -0.15) is 0 Å². The Hall–Kier alpha value is -1.14. The second-order valence-electron chi connectivity index (χ2n) is 6.81. The van der Waals surface area contributed by atoms with E-state index in [0.29, 0.717) is 0 Å². The molecule has 2 atom stereocenters. The molecule has 2 rings (SSSR count). The molecule has 1 heterocycles. The predicted molar refractivity (Wildman–Crippen MR) is 107 cm³/mol. The molecule has 0 aromatic heterocycles. The summed E-state index contributed by atoms with van der Waals surface area (Å²) in [5.74, 6) is 0.0823. The summed E-state index contributed by atoms with van der Waals surface area (Å²) in [4.78, 5) is 17.1. The molecule has 1 fully saturated rings. The Balaban J connectivity index is 0.00000312. The molecular weight excluding hydrogens is 336 g/mol. The molecule has 0 radical (unpaired) electrons. The molecule has 0 aliphatic carbocycles. The maximum Gasteiger partial charge on any atom is 0.241 e. The fourth-order valence-corrected chi connectivity index (χ4v) is 2.95. The standard InChI is InChI=1S/C19H32N4O.ClH/c1-4-15(3)18(20)19(24)21-17-8-6-16(7-9-17)14-23-12-10-22(5-2)11-13-23;/h6-9,15,18H,4-5,10-14,20H2,1-3H3,(H,21,24);1H. The molecule has 142 valence electrons. The van der Waals surface area contributed by atoms with Gasteiger partial charge >= 0.3 is 0 Å². The number of nitrogens with one attached hydrogen (secondary N) is 1. The Morgan fingerprint density at radius 3 is 2.20 bits per heavy atom. The minimum Gasteiger partial charge on any atom is -0.325 e. The first-order chi connectivity index (χ1) is 11.5. The molecule has 5 nitrogen and oxygen atoms in total. The van der Waals surface area contributed by atoms with Crippen molar-refractivity contribution in [3.8, 4) is 0 Å². The lowest BCUT2D eigenvalue weighted by Gasteiger charge is -2.34. The number of nitrogens with two attached hydrogens (primary N) is 1. The van der Waals surface area contributed by atoms with Crippen molar-refractivity contribution in [1.82, 2.24) is 9.80 Å². The fourth-order valence-electron chi connectivity index (χ4n) is 2.95. The Labute approximate surface area is 158 Å². The number of hydrogen-bond donors (Lipinski definition) is 2. The number of anilines is 1. The van der Waals surface area contributed by atoms with Crippen LogP contribution in [0.15, 0.2) is 24.3 Å². The number of carbonyl (C=O) groups is 1. The monoisotopic (exact) mass is 368 g/mol. The van der Waals surface area contributed by atoms with Gasteiger partial charge in [0.15, 0.2) is 0 Å². The van der Waals surface area contributed by atoms with Crippen molar-refractivity contribution in [3.05, 3.63) is 29.8 Å². The van der Waals surface area contributed by atoms with E-state index in [4.69, 9.17) is 5.73 Å². The molecule has 1 aromatic carbocycles. The molecule has 2 unspecified atom stereocenters. The van der Waals surface area contributed by atoms with E-state index in [0.717, 1.165) is 51.4 Å². The van der Waals surface area contributed by atoms with Gasteiger partial charge in [-0.05, 0) is 30.2 Å². The van der Waals surface area contributed by atoms with Crippen LogP contribution in [0.2, 0.25) is 0 Å². The van der Waals surface area contributed by atoms with Gasteiger partial charge in [0.2, 0.25) is 5.91 Å². The Bertz CT molecular complexity index is 515. The van der Waals surface area contributed by atoms with Gasteiger partial charge in [0, 0.05) is 38.4 Å². The molecule has 1 aliphatic heterocycles. The number of likely N-dealkylation sites (N-methyl/N-ethyl adjacent to an activating group) is 1. The quantitative estimate of drug-likeness (QED) is 0.776. The Kier molecular flexibility index (Phi) is 9.43. The van der Waals surface area contributed by atoms with Gasteiger partial charge in [-0.3, -0.25) is 9.69 Å². The molecular formula is C19H33ClN4O. The van der Waals surface area contributed by atoms with Crippen LogP contribution in [0.3, 0.4) is 0 Å². The number of rotatable bonds is 7. The summed E-state index contributed by atoms with van der Waals surface area (Å²) >= 11 is 0. The SMILES string of the molecule is CCC(C)C(N)C(=O)Nc1ccc(CN2CCN(CC)CC2)cc1.Cl. The second-order valence-corrected chi connectivity index (χ2v) is 6.81. The minimum atomic E-state index is -0.454. The highest BCUT2D eigenvalue weighted by molar-refractivity contribution is 5.94. The van der Waals surface area contributed by atoms with Gasteiger partial charge in [0.25, 0.3) is 0 Å². The third-order valence-corrected chi connectivity index (χ3v) is 5.10. The van der Waals surface area contributed by atoms with Crippen molar-refractivity contribution >= 4 is 24.0 Å². The minimum absolute atomic E-state index is 0. The van der Waals surface area contributed by atoms with E-state index in [2.05, 4.69) is 34.2 Å². The number of hydrogen-bond acceptors (Lipinski definition) is 4. The smallest absolute Gasteiger partial charge is 0.241 e. The first kappa shape index (κ1) is 21.9. The summed E-state index contributed by atoms with van der Waals surface area (Å²) in [7, 11) is 0. The molecule has 0 spiro atoms. The predicted octanol–water partition coefficient (Wildman–Crippen LogP) is 2.56. The van der Waals surface area contributed by atoms with E-state index >= 15 is 0 Å². The Morgan fingerprint density at radius 1 is 1.12 bits per heavy atom. The summed E-state index contributed by atoms with van der Waals surface area (Å²) in [6.45, 7) is 12.9. The van der Waals surface area contributed by atoms with Crippen molar-refractivity contribution in [2.75, 3.05) is 38.0 Å². The van der Waals surface area contributed by atoms with Gasteiger partial charge in [0.05, 0.1) is 6.04 Å². The van der Waals surface area contributed by atoms with Crippen LogP contribution in [0.5, 0.6) is 0 Å². The van der Waals surface area contributed by atoms with Crippen LogP contribution in [0.25, 0.3) is 0 Å².